The maximum atomic E-state index is 10.3. The monoisotopic (exact) mass is 208 g/mol. The molecule has 0 aromatic heterocycles. The Balaban J connectivity index is 2.72. The molecule has 2 heteroatoms. The van der Waals surface area contributed by atoms with Crippen LogP contribution in [0.3, 0.4) is 0 Å². The molecule has 0 bridgehead atoms. The number of ether oxygens (including phenoxy) is 1. The van der Waals surface area contributed by atoms with Gasteiger partial charge in [-0.3, -0.25) is 0 Å². The van der Waals surface area contributed by atoms with Crippen LogP contribution in [0.25, 0.3) is 0 Å². The maximum Gasteiger partial charge on any atom is 0.0871 e. The molecule has 1 atom stereocenters. The van der Waals surface area contributed by atoms with Crippen LogP contribution in [0.1, 0.15) is 30.9 Å². The lowest BCUT2D eigenvalue weighted by Crippen LogP contribution is -2.22. The van der Waals surface area contributed by atoms with Crippen molar-refractivity contribution in [3.63, 3.8) is 0 Å². The summed E-state index contributed by atoms with van der Waals surface area (Å²) in [4.78, 5) is 0. The van der Waals surface area contributed by atoms with Gasteiger partial charge in [-0.25, -0.2) is 0 Å². The lowest BCUT2D eigenvalue weighted by atomic mass is 9.88. The van der Waals surface area contributed by atoms with Crippen LogP contribution in [0.5, 0.6) is 0 Å². The molecule has 1 aromatic rings. The van der Waals surface area contributed by atoms with Crippen LogP contribution >= 0.6 is 0 Å². The van der Waals surface area contributed by atoms with E-state index in [-0.39, 0.29) is 0 Å². The molecule has 1 aromatic carbocycles. The van der Waals surface area contributed by atoms with Crippen molar-refractivity contribution in [1.29, 1.82) is 0 Å². The zero-order valence-electron chi connectivity index (χ0n) is 9.79. The van der Waals surface area contributed by atoms with E-state index in [0.29, 0.717) is 6.61 Å². The van der Waals surface area contributed by atoms with Crippen molar-refractivity contribution in [1.82, 2.24) is 0 Å². The number of hydrogen-bond donors (Lipinski definition) is 1. The van der Waals surface area contributed by atoms with Gasteiger partial charge < -0.3 is 9.84 Å². The summed E-state index contributed by atoms with van der Waals surface area (Å²) in [5, 5.41) is 10.3. The number of aliphatic hydroxyl groups is 1. The summed E-state index contributed by atoms with van der Waals surface area (Å²) in [7, 11) is 1.68. The number of methoxy groups -OCH3 is 1. The molecule has 0 radical (unpaired) electrons. The first-order chi connectivity index (χ1) is 7.08. The smallest absolute Gasteiger partial charge is 0.0871 e. The van der Waals surface area contributed by atoms with E-state index >= 15 is 0 Å². The van der Waals surface area contributed by atoms with Gasteiger partial charge in [-0.1, -0.05) is 24.3 Å². The second-order valence-corrected chi connectivity index (χ2v) is 4.19. The molecule has 0 spiro atoms. The number of benzene rings is 1. The fourth-order valence-corrected chi connectivity index (χ4v) is 1.87. The lowest BCUT2D eigenvalue weighted by molar-refractivity contribution is 0.0367. The first-order valence-electron chi connectivity index (χ1n) is 5.35. The normalized spacial score (nSPS) is 14.9. The van der Waals surface area contributed by atoms with Crippen LogP contribution in [-0.2, 0) is 10.3 Å². The van der Waals surface area contributed by atoms with Crippen molar-refractivity contribution in [3.05, 3.63) is 35.4 Å². The van der Waals surface area contributed by atoms with Crippen LogP contribution in [0.2, 0.25) is 0 Å². The summed E-state index contributed by atoms with van der Waals surface area (Å²) < 4.78 is 4.99. The molecule has 1 N–H and O–H groups in total. The molecule has 1 unspecified atom stereocenters. The molecule has 0 aliphatic rings. The van der Waals surface area contributed by atoms with Gasteiger partial charge in [-0.05, 0) is 37.8 Å². The second kappa shape index (κ2) is 5.29. The van der Waals surface area contributed by atoms with Gasteiger partial charge in [-0.15, -0.1) is 0 Å². The van der Waals surface area contributed by atoms with Gasteiger partial charge in [0.1, 0.15) is 0 Å². The summed E-state index contributed by atoms with van der Waals surface area (Å²) in [6.07, 6.45) is 1.60. The van der Waals surface area contributed by atoms with E-state index < -0.39 is 5.60 Å². The molecule has 15 heavy (non-hydrogen) atoms. The topological polar surface area (TPSA) is 29.5 Å². The third-order valence-electron chi connectivity index (χ3n) is 2.74. The van der Waals surface area contributed by atoms with Crippen molar-refractivity contribution in [2.75, 3.05) is 13.7 Å². The fraction of sp³-hybridized carbons (Fsp3) is 0.538. The molecule has 0 heterocycles. The Hall–Kier alpha value is -0.860. The van der Waals surface area contributed by atoms with E-state index in [9.17, 15) is 5.11 Å². The highest BCUT2D eigenvalue weighted by molar-refractivity contribution is 5.30. The van der Waals surface area contributed by atoms with Crippen molar-refractivity contribution < 1.29 is 9.84 Å². The Labute approximate surface area is 91.9 Å². The second-order valence-electron chi connectivity index (χ2n) is 4.19. The molecule has 0 aliphatic carbocycles. The van der Waals surface area contributed by atoms with Crippen LogP contribution < -0.4 is 0 Å². The van der Waals surface area contributed by atoms with Gasteiger partial charge >= 0.3 is 0 Å². The molecule has 0 aliphatic heterocycles. The summed E-state index contributed by atoms with van der Waals surface area (Å²) in [5.41, 5.74) is 1.41. The molecule has 0 saturated carbocycles. The Bertz CT molecular complexity index is 305. The summed E-state index contributed by atoms with van der Waals surface area (Å²) in [6.45, 7) is 4.59. The van der Waals surface area contributed by atoms with Crippen LogP contribution in [0.4, 0.5) is 0 Å². The molecular formula is C13H20O2. The average Bonchev–Trinajstić information content (AvgIpc) is 2.18. The highest BCUT2D eigenvalue weighted by Gasteiger charge is 2.23. The Morgan fingerprint density at radius 3 is 2.60 bits per heavy atom. The quantitative estimate of drug-likeness (QED) is 0.754. The molecule has 0 saturated heterocycles. The number of rotatable bonds is 5. The zero-order chi connectivity index (χ0) is 11.3. The predicted octanol–water partition coefficient (Wildman–Crippen LogP) is 2.63. The highest BCUT2D eigenvalue weighted by Crippen LogP contribution is 2.28. The van der Waals surface area contributed by atoms with Crippen LogP contribution in [0, 0.1) is 6.92 Å². The van der Waals surface area contributed by atoms with E-state index in [1.807, 2.05) is 38.1 Å². The Morgan fingerprint density at radius 2 is 2.00 bits per heavy atom. The van der Waals surface area contributed by atoms with Gasteiger partial charge in [0.05, 0.1) is 5.60 Å². The highest BCUT2D eigenvalue weighted by atomic mass is 16.5. The minimum absolute atomic E-state index is 0.696. The van der Waals surface area contributed by atoms with Crippen molar-refractivity contribution in [2.24, 2.45) is 0 Å². The van der Waals surface area contributed by atoms with Gasteiger partial charge in [0, 0.05) is 13.7 Å². The van der Waals surface area contributed by atoms with Crippen LogP contribution in [-0.4, -0.2) is 18.8 Å². The van der Waals surface area contributed by atoms with Gasteiger partial charge in [0.15, 0.2) is 0 Å². The Kier molecular flexibility index (Phi) is 4.30. The molecule has 0 fully saturated rings. The largest absolute Gasteiger partial charge is 0.385 e. The van der Waals surface area contributed by atoms with E-state index in [1.54, 1.807) is 7.11 Å². The summed E-state index contributed by atoms with van der Waals surface area (Å²) in [5.74, 6) is 0. The van der Waals surface area contributed by atoms with Crippen molar-refractivity contribution in [3.8, 4) is 0 Å². The third kappa shape index (κ3) is 3.33. The predicted molar refractivity (Wildman–Crippen MR) is 61.9 cm³/mol. The fourth-order valence-electron chi connectivity index (χ4n) is 1.87. The summed E-state index contributed by atoms with van der Waals surface area (Å²) >= 11 is 0. The van der Waals surface area contributed by atoms with Gasteiger partial charge in [-0.2, -0.15) is 0 Å². The first kappa shape index (κ1) is 12.2. The zero-order valence-corrected chi connectivity index (χ0v) is 9.79. The first-order valence-corrected chi connectivity index (χ1v) is 5.35. The van der Waals surface area contributed by atoms with Gasteiger partial charge in [0.25, 0.3) is 0 Å². The van der Waals surface area contributed by atoms with Crippen molar-refractivity contribution in [2.45, 2.75) is 32.3 Å². The SMILES string of the molecule is COCCCC(C)(O)c1ccccc1C. The minimum atomic E-state index is -0.746. The molecule has 2 nitrogen and oxygen atoms in total. The average molecular weight is 208 g/mol. The van der Waals surface area contributed by atoms with E-state index in [0.717, 1.165) is 24.0 Å². The van der Waals surface area contributed by atoms with E-state index in [1.165, 1.54) is 0 Å². The van der Waals surface area contributed by atoms with E-state index in [4.69, 9.17) is 4.74 Å². The number of aryl methyl sites for hydroxylation is 1. The number of hydrogen-bond acceptors (Lipinski definition) is 2. The molecular weight excluding hydrogens is 188 g/mol. The standard InChI is InChI=1S/C13H20O2/c1-11-7-4-5-8-12(11)13(2,14)9-6-10-15-3/h4-5,7-8,14H,6,9-10H2,1-3H3. The maximum absolute atomic E-state index is 10.3. The van der Waals surface area contributed by atoms with Crippen LogP contribution in [0.15, 0.2) is 24.3 Å². The van der Waals surface area contributed by atoms with Gasteiger partial charge in [0.2, 0.25) is 0 Å². The third-order valence-corrected chi connectivity index (χ3v) is 2.74. The minimum Gasteiger partial charge on any atom is -0.385 e. The van der Waals surface area contributed by atoms with E-state index in [2.05, 4.69) is 0 Å². The summed E-state index contributed by atoms with van der Waals surface area (Å²) in [6, 6.07) is 7.97. The molecule has 84 valence electrons. The lowest BCUT2D eigenvalue weighted by Gasteiger charge is -2.25. The molecule has 1 rings (SSSR count). The Morgan fingerprint density at radius 1 is 1.33 bits per heavy atom. The molecule has 0 amide bonds. The van der Waals surface area contributed by atoms with Crippen molar-refractivity contribution >= 4 is 0 Å².